The van der Waals surface area contributed by atoms with Gasteiger partial charge in [-0.05, 0) is 135 Å². The third-order valence-electron chi connectivity index (χ3n) is 18.3. The number of hydrogen-bond acceptors (Lipinski definition) is 15. The van der Waals surface area contributed by atoms with E-state index in [1.807, 2.05) is 62.4 Å². The number of fused-ring (bicyclic) bond motifs is 4. The Morgan fingerprint density at radius 1 is 0.660 bits per heavy atom. The summed E-state index contributed by atoms with van der Waals surface area (Å²) in [6, 6.07) is 31.2. The molecule has 5 aromatic carbocycles. The molecule has 3 aliphatic heterocycles. The SMILES string of the molecule is COc1ccc(CC[C@H]2OC(=O)[C@@H]3CCCCN3C(=O)C(=O)C(C)(C)COC(=O)C=CCCN(C)C(=O)[C@H](CC(C)C)N(C)C(=O)[C@H]3CCCN3C(=O)[C@H](Cc3ccc(CNC(=O)Cc4ccccc4)cc3)NC(=O)[C@H](c3ccccc3)NC(=O)CCC(=O)Nc3cccc2c3)cc1OC. The molecule has 2 saturated heterocycles. The van der Waals surface area contributed by atoms with Crippen LogP contribution in [0, 0.1) is 11.3 Å². The number of piperidine rings is 1. The molecule has 6 atom stereocenters. The number of aryl methyl sites for hydroxylation is 1. The third kappa shape index (κ3) is 20.9. The molecule has 0 saturated carbocycles. The highest BCUT2D eigenvalue weighted by molar-refractivity contribution is 6.38. The number of nitrogens with one attached hydrogen (secondary N) is 4. The minimum absolute atomic E-state index is 0.0560. The second kappa shape index (κ2) is 36.1. The summed E-state index contributed by atoms with van der Waals surface area (Å²) >= 11 is 0. The monoisotopic (exact) mass is 1370 g/mol. The number of ketones is 1. The molecule has 4 N–H and O–H groups in total. The second-order valence-corrected chi connectivity index (χ2v) is 26.8. The predicted molar refractivity (Wildman–Crippen MR) is 374 cm³/mol. The van der Waals surface area contributed by atoms with E-state index in [1.165, 1.54) is 66.9 Å². The Kier molecular flexibility index (Phi) is 27.3. The van der Waals surface area contributed by atoms with E-state index in [0.29, 0.717) is 59.6 Å². The molecule has 100 heavy (non-hydrogen) atoms. The molecule has 23 heteroatoms. The lowest BCUT2D eigenvalue weighted by Gasteiger charge is -2.36. The van der Waals surface area contributed by atoms with Crippen LogP contribution in [0.2, 0.25) is 0 Å². The summed E-state index contributed by atoms with van der Waals surface area (Å²) in [5, 5.41) is 11.5. The number of carbonyl (C=O) groups is 11. The van der Waals surface area contributed by atoms with E-state index in [2.05, 4.69) is 21.3 Å². The zero-order valence-electron chi connectivity index (χ0n) is 58.5. The van der Waals surface area contributed by atoms with Gasteiger partial charge in [-0.2, -0.15) is 0 Å². The van der Waals surface area contributed by atoms with E-state index in [1.54, 1.807) is 85.9 Å². The number of hydrogen-bond donors (Lipinski definition) is 4. The Morgan fingerprint density at radius 3 is 2.03 bits per heavy atom. The van der Waals surface area contributed by atoms with Crippen molar-refractivity contribution in [3.8, 4) is 11.5 Å². The van der Waals surface area contributed by atoms with Crippen LogP contribution >= 0.6 is 0 Å². The van der Waals surface area contributed by atoms with Gasteiger partial charge in [0.25, 0.3) is 5.91 Å². The van der Waals surface area contributed by atoms with Crippen molar-refractivity contribution in [3.63, 3.8) is 0 Å². The van der Waals surface area contributed by atoms with Crippen molar-refractivity contribution in [2.75, 3.05) is 59.9 Å². The van der Waals surface area contributed by atoms with Crippen molar-refractivity contribution >= 4 is 70.7 Å². The van der Waals surface area contributed by atoms with Gasteiger partial charge in [0.05, 0.1) is 26.1 Å². The van der Waals surface area contributed by atoms with E-state index in [0.717, 1.165) is 16.7 Å². The van der Waals surface area contributed by atoms with Crippen molar-refractivity contribution in [2.45, 2.75) is 154 Å². The van der Waals surface area contributed by atoms with E-state index in [9.17, 15) is 43.2 Å². The fourth-order valence-electron chi connectivity index (χ4n) is 12.6. The molecule has 5 aromatic rings. The van der Waals surface area contributed by atoms with Gasteiger partial charge in [-0.25, -0.2) is 9.59 Å². The van der Waals surface area contributed by atoms with Crippen molar-refractivity contribution in [1.29, 1.82) is 0 Å². The molecule has 8 amide bonds. The summed E-state index contributed by atoms with van der Waals surface area (Å²) in [6.45, 7) is 6.91. The first-order valence-electron chi connectivity index (χ1n) is 34.3. The quantitative estimate of drug-likeness (QED) is 0.0607. The topological polar surface area (TPSA) is 286 Å². The highest BCUT2D eigenvalue weighted by atomic mass is 16.5. The standard InChI is InChI=1S/C77H94N8O15/c1-50(2)43-61-73(93)82(5)40-17-16-29-68(89)99-49-77(3,4)70(90)75(95)85-41-18-15-27-60(85)76(96)100-62(36-34-53-35-37-63(97-7)64(45-53)98-8)56-25-19-26-57(47-56)79-65(86)38-39-66(87)81-69(55-23-13-10-14-24-55)71(91)80-58(72(92)84-42-20-28-59(84)74(94)83(61)6)44-52-30-32-54(33-31-52)48-78-67(88)46-51-21-11-9-12-22-51/h9-14,16,19,21-26,29-33,35,37,45,47,50,58-62,69H,15,17-18,20,27-28,34,36,38-44,46,48-49H2,1-8H3,(H,78,88)(H,79,86)(H,80,91)(H,81,87)/t58-,59+,60-,61-,62+,69-/m0/s1. The predicted octanol–water partition coefficient (Wildman–Crippen LogP) is 7.89. The Balaban J connectivity index is 1.09. The van der Waals surface area contributed by atoms with Crippen molar-refractivity contribution in [2.24, 2.45) is 11.3 Å². The average molecular weight is 1370 g/mol. The molecule has 0 aliphatic carbocycles. The maximum absolute atomic E-state index is 15.3. The Hall–Kier alpha value is -10.2. The van der Waals surface area contributed by atoms with Crippen LogP contribution in [0.25, 0.3) is 0 Å². The molecule has 3 aliphatic rings. The number of amides is 8. The molecule has 0 unspecified atom stereocenters. The second-order valence-electron chi connectivity index (χ2n) is 26.8. The van der Waals surface area contributed by atoms with E-state index < -0.39 is 101 Å². The van der Waals surface area contributed by atoms with Crippen molar-refractivity contribution in [3.05, 3.63) is 173 Å². The summed E-state index contributed by atoms with van der Waals surface area (Å²) in [4.78, 5) is 162. The summed E-state index contributed by atoms with van der Waals surface area (Å²) in [5.74, 6) is -6.02. The lowest BCUT2D eigenvalue weighted by atomic mass is 9.87. The largest absolute Gasteiger partial charge is 0.493 e. The first kappa shape index (κ1) is 75.6. The van der Waals surface area contributed by atoms with Gasteiger partial charge >= 0.3 is 11.9 Å². The minimum Gasteiger partial charge on any atom is -0.493 e. The van der Waals surface area contributed by atoms with Gasteiger partial charge in [0.15, 0.2) is 11.5 Å². The maximum Gasteiger partial charge on any atom is 0.330 e. The molecule has 532 valence electrons. The Labute approximate surface area is 585 Å². The van der Waals surface area contributed by atoms with Crippen LogP contribution in [0.5, 0.6) is 11.5 Å². The summed E-state index contributed by atoms with van der Waals surface area (Å²) in [6.07, 6.45) is 4.13. The van der Waals surface area contributed by atoms with Crippen LogP contribution in [0.15, 0.2) is 140 Å². The summed E-state index contributed by atoms with van der Waals surface area (Å²) in [7, 11) is 6.16. The van der Waals surface area contributed by atoms with Crippen LogP contribution in [0.1, 0.15) is 137 Å². The average Bonchev–Trinajstić information content (AvgIpc) is 1.38. The first-order chi connectivity index (χ1) is 47.9. The van der Waals surface area contributed by atoms with Crippen LogP contribution < -0.4 is 30.7 Å². The number of ether oxygens (including phenoxy) is 4. The number of esters is 2. The third-order valence-corrected chi connectivity index (χ3v) is 18.3. The van der Waals surface area contributed by atoms with Crippen molar-refractivity contribution < 1.29 is 71.7 Å². The van der Waals surface area contributed by atoms with Gasteiger partial charge in [0.2, 0.25) is 47.1 Å². The number of carbonyl (C=O) groups excluding carboxylic acids is 11. The Morgan fingerprint density at radius 2 is 1.32 bits per heavy atom. The van der Waals surface area contributed by atoms with Gasteiger partial charge in [-0.1, -0.05) is 123 Å². The molecule has 0 spiro atoms. The molecule has 8 rings (SSSR count). The zero-order chi connectivity index (χ0) is 72.0. The molecule has 3 heterocycles. The fourth-order valence-corrected chi connectivity index (χ4v) is 12.6. The molecule has 0 aromatic heterocycles. The van der Waals surface area contributed by atoms with E-state index in [-0.39, 0.29) is 102 Å². The number of nitrogens with zero attached hydrogens (tertiary/aromatic N) is 4. The summed E-state index contributed by atoms with van der Waals surface area (Å²) in [5.41, 5.74) is 2.72. The van der Waals surface area contributed by atoms with Gasteiger partial charge < -0.3 is 59.8 Å². The van der Waals surface area contributed by atoms with Gasteiger partial charge in [-0.3, -0.25) is 43.2 Å². The smallest absolute Gasteiger partial charge is 0.330 e. The molecular weight excluding hydrogens is 1280 g/mol. The highest BCUT2D eigenvalue weighted by Crippen LogP contribution is 2.33. The fraction of sp³-hybridized carbons (Fsp3) is 0.442. The summed E-state index contributed by atoms with van der Waals surface area (Å²) < 4.78 is 22.9. The van der Waals surface area contributed by atoms with Crippen LogP contribution in [-0.2, 0) is 88.0 Å². The van der Waals surface area contributed by atoms with Crippen LogP contribution in [0.3, 0.4) is 0 Å². The molecular formula is C77H94N8O15. The van der Waals surface area contributed by atoms with E-state index >= 15 is 9.59 Å². The lowest BCUT2D eigenvalue weighted by molar-refractivity contribution is -0.165. The first-order valence-corrected chi connectivity index (χ1v) is 34.3. The van der Waals surface area contributed by atoms with Gasteiger partial charge in [0.1, 0.15) is 42.9 Å². The van der Waals surface area contributed by atoms with Crippen molar-refractivity contribution in [1.82, 2.24) is 35.6 Å². The highest BCUT2D eigenvalue weighted by Gasteiger charge is 2.44. The van der Waals surface area contributed by atoms with Gasteiger partial charge in [-0.15, -0.1) is 0 Å². The normalized spacial score (nSPS) is 21.6. The molecule has 23 nitrogen and oxygen atoms in total. The molecule has 2 bridgehead atoms. The number of anilines is 1. The zero-order valence-corrected chi connectivity index (χ0v) is 58.5. The van der Waals surface area contributed by atoms with E-state index in [4.69, 9.17) is 18.9 Å². The lowest BCUT2D eigenvalue weighted by Crippen LogP contribution is -2.58. The molecule has 0 radical (unpaired) electrons. The maximum atomic E-state index is 15.3. The number of likely N-dealkylation sites (N-methyl/N-ethyl adjacent to an activating group) is 2. The number of benzene rings is 5. The van der Waals surface area contributed by atoms with Crippen LogP contribution in [0.4, 0.5) is 5.69 Å². The molecule has 2 fully saturated rings. The van der Waals surface area contributed by atoms with Crippen LogP contribution in [-0.4, -0.2) is 163 Å². The van der Waals surface area contributed by atoms with Gasteiger partial charge in [0, 0.05) is 71.3 Å². The number of cyclic esters (lactones) is 2. The number of rotatable bonds is 14. The minimum atomic E-state index is -1.52. The number of Topliss-reactive ketones (excluding diaryl/α,β-unsaturated/α-hetero) is 1. The number of methoxy groups -OCH3 is 2. The Bertz CT molecular complexity index is 3750.